The molecule has 18 heavy (non-hydrogen) atoms. The van der Waals surface area contributed by atoms with Crippen LogP contribution in [0.4, 0.5) is 0 Å². The van der Waals surface area contributed by atoms with Gasteiger partial charge in [0.2, 0.25) is 5.78 Å². The van der Waals surface area contributed by atoms with E-state index in [-0.39, 0.29) is 17.2 Å². The monoisotopic (exact) mass is 302 g/mol. The summed E-state index contributed by atoms with van der Waals surface area (Å²) in [6, 6.07) is 7.34. The number of fused-ring (bicyclic) bond motifs is 1. The Hall–Kier alpha value is -2.01. The van der Waals surface area contributed by atoms with Crippen LogP contribution >= 0.6 is 15.9 Å². The molecule has 0 spiro atoms. The number of nitrogens with zero attached hydrogens (tertiary/aromatic N) is 2. The van der Waals surface area contributed by atoms with Gasteiger partial charge in [-0.15, -0.1) is 0 Å². The van der Waals surface area contributed by atoms with Crippen LogP contribution in [0.15, 0.2) is 51.7 Å². The van der Waals surface area contributed by atoms with Crippen LogP contribution in [-0.2, 0) is 0 Å². The van der Waals surface area contributed by atoms with Crippen molar-refractivity contribution in [1.29, 1.82) is 0 Å². The lowest BCUT2D eigenvalue weighted by molar-refractivity contribution is 0.101. The predicted octanol–water partition coefficient (Wildman–Crippen LogP) is 3.22. The number of para-hydroxylation sites is 1. The topological polar surface area (TPSA) is 56.0 Å². The van der Waals surface area contributed by atoms with Gasteiger partial charge in [-0.1, -0.05) is 12.1 Å². The van der Waals surface area contributed by atoms with Crippen molar-refractivity contribution in [3.8, 4) is 0 Å². The summed E-state index contributed by atoms with van der Waals surface area (Å²) in [5, 5.41) is 0.872. The first-order valence-corrected chi connectivity index (χ1v) is 6.04. The van der Waals surface area contributed by atoms with Crippen LogP contribution in [-0.4, -0.2) is 15.8 Å². The second-order valence-electron chi connectivity index (χ2n) is 3.69. The zero-order valence-electron chi connectivity index (χ0n) is 9.13. The number of halogens is 1. The van der Waals surface area contributed by atoms with Crippen molar-refractivity contribution >= 4 is 32.7 Å². The average Bonchev–Trinajstić information content (AvgIpc) is 2.84. The SMILES string of the molecule is O=C(c1cnccn1)c1cc2cccc(Br)c2o1. The van der Waals surface area contributed by atoms with Crippen molar-refractivity contribution in [1.82, 2.24) is 9.97 Å². The van der Waals surface area contributed by atoms with Crippen LogP contribution in [0.3, 0.4) is 0 Å². The van der Waals surface area contributed by atoms with Crippen LogP contribution in [0.25, 0.3) is 11.0 Å². The minimum atomic E-state index is -0.272. The van der Waals surface area contributed by atoms with Crippen molar-refractivity contribution < 1.29 is 9.21 Å². The van der Waals surface area contributed by atoms with Gasteiger partial charge in [0.1, 0.15) is 11.3 Å². The molecular weight excluding hydrogens is 296 g/mol. The first-order valence-electron chi connectivity index (χ1n) is 5.24. The summed E-state index contributed by atoms with van der Waals surface area (Å²) in [6.45, 7) is 0. The zero-order chi connectivity index (χ0) is 12.5. The summed E-state index contributed by atoms with van der Waals surface area (Å²) < 4.78 is 6.37. The number of benzene rings is 1. The van der Waals surface area contributed by atoms with Crippen molar-refractivity contribution in [3.05, 3.63) is 58.8 Å². The van der Waals surface area contributed by atoms with Crippen molar-refractivity contribution in [2.24, 2.45) is 0 Å². The molecule has 3 aromatic rings. The fourth-order valence-corrected chi connectivity index (χ4v) is 2.14. The molecule has 0 aliphatic heterocycles. The molecule has 88 valence electrons. The maximum atomic E-state index is 12.1. The Morgan fingerprint density at radius 2 is 2.17 bits per heavy atom. The molecule has 0 fully saturated rings. The Morgan fingerprint density at radius 1 is 1.28 bits per heavy atom. The Balaban J connectivity index is 2.10. The molecule has 0 bridgehead atoms. The van der Waals surface area contributed by atoms with Gasteiger partial charge in [0.15, 0.2) is 5.76 Å². The van der Waals surface area contributed by atoms with E-state index in [4.69, 9.17) is 4.42 Å². The summed E-state index contributed by atoms with van der Waals surface area (Å²) in [5.74, 6) is -0.0106. The first-order chi connectivity index (χ1) is 8.75. The van der Waals surface area contributed by atoms with Gasteiger partial charge in [0.25, 0.3) is 0 Å². The lowest BCUT2D eigenvalue weighted by Crippen LogP contribution is -2.02. The third-order valence-electron chi connectivity index (χ3n) is 2.52. The largest absolute Gasteiger partial charge is 0.451 e. The van der Waals surface area contributed by atoms with Gasteiger partial charge in [0.05, 0.1) is 10.7 Å². The fourth-order valence-electron chi connectivity index (χ4n) is 1.68. The Morgan fingerprint density at radius 3 is 2.89 bits per heavy atom. The summed E-state index contributed by atoms with van der Waals surface area (Å²) in [6.07, 6.45) is 4.42. The fraction of sp³-hybridized carbons (Fsp3) is 0. The normalized spacial score (nSPS) is 10.7. The Bertz CT molecular complexity index is 722. The number of hydrogen-bond acceptors (Lipinski definition) is 4. The molecule has 0 aliphatic rings. The summed E-state index contributed by atoms with van der Waals surface area (Å²) >= 11 is 3.38. The van der Waals surface area contributed by atoms with Crippen LogP contribution in [0, 0.1) is 0 Å². The van der Waals surface area contributed by atoms with Gasteiger partial charge < -0.3 is 4.42 Å². The van der Waals surface area contributed by atoms with Gasteiger partial charge in [-0.05, 0) is 28.1 Å². The molecule has 2 heterocycles. The van der Waals surface area contributed by atoms with E-state index in [0.717, 1.165) is 9.86 Å². The second kappa shape index (κ2) is 4.34. The minimum Gasteiger partial charge on any atom is -0.451 e. The highest BCUT2D eigenvalue weighted by Gasteiger charge is 2.16. The molecule has 0 saturated heterocycles. The molecule has 0 saturated carbocycles. The molecule has 0 N–H and O–H groups in total. The molecule has 0 amide bonds. The number of aromatic nitrogens is 2. The van der Waals surface area contributed by atoms with Crippen LogP contribution in [0.1, 0.15) is 16.2 Å². The highest BCUT2D eigenvalue weighted by atomic mass is 79.9. The van der Waals surface area contributed by atoms with E-state index in [1.165, 1.54) is 18.6 Å². The molecule has 2 aromatic heterocycles. The van der Waals surface area contributed by atoms with Crippen LogP contribution in [0.2, 0.25) is 0 Å². The van der Waals surface area contributed by atoms with Crippen molar-refractivity contribution in [2.75, 3.05) is 0 Å². The number of ketones is 1. The van der Waals surface area contributed by atoms with E-state index in [1.807, 2.05) is 18.2 Å². The van der Waals surface area contributed by atoms with Crippen molar-refractivity contribution in [2.45, 2.75) is 0 Å². The number of rotatable bonds is 2. The predicted molar refractivity (Wildman–Crippen MR) is 69.4 cm³/mol. The maximum absolute atomic E-state index is 12.1. The number of carbonyl (C=O) groups excluding carboxylic acids is 1. The lowest BCUT2D eigenvalue weighted by Gasteiger charge is -1.94. The number of carbonyl (C=O) groups is 1. The molecule has 0 radical (unpaired) electrons. The van der Waals surface area contributed by atoms with E-state index < -0.39 is 0 Å². The van der Waals surface area contributed by atoms with E-state index in [1.54, 1.807) is 6.07 Å². The third-order valence-corrected chi connectivity index (χ3v) is 3.14. The first kappa shape index (κ1) is 11.1. The molecule has 0 atom stereocenters. The maximum Gasteiger partial charge on any atom is 0.248 e. The highest BCUT2D eigenvalue weighted by molar-refractivity contribution is 9.10. The summed E-state index contributed by atoms with van der Waals surface area (Å²) in [5.41, 5.74) is 0.928. The van der Waals surface area contributed by atoms with Gasteiger partial charge >= 0.3 is 0 Å². The van der Waals surface area contributed by atoms with E-state index >= 15 is 0 Å². The van der Waals surface area contributed by atoms with Gasteiger partial charge in [-0.3, -0.25) is 9.78 Å². The molecule has 5 heteroatoms. The van der Waals surface area contributed by atoms with Crippen LogP contribution < -0.4 is 0 Å². The molecule has 4 nitrogen and oxygen atoms in total. The van der Waals surface area contributed by atoms with E-state index in [9.17, 15) is 4.79 Å². The van der Waals surface area contributed by atoms with E-state index in [0.29, 0.717) is 5.58 Å². The standard InChI is InChI=1S/C13H7BrN2O2/c14-9-3-1-2-8-6-11(18-13(8)9)12(17)10-7-15-4-5-16-10/h1-7H. The molecule has 0 unspecified atom stereocenters. The van der Waals surface area contributed by atoms with Gasteiger partial charge in [0, 0.05) is 17.8 Å². The Kier molecular flexibility index (Phi) is 2.68. The number of furan rings is 1. The molecular formula is C13H7BrN2O2. The highest BCUT2D eigenvalue weighted by Crippen LogP contribution is 2.27. The average molecular weight is 303 g/mol. The molecule has 3 rings (SSSR count). The summed E-state index contributed by atoms with van der Waals surface area (Å²) in [7, 11) is 0. The van der Waals surface area contributed by atoms with Gasteiger partial charge in [-0.2, -0.15) is 0 Å². The van der Waals surface area contributed by atoms with Crippen molar-refractivity contribution in [3.63, 3.8) is 0 Å². The second-order valence-corrected chi connectivity index (χ2v) is 4.54. The molecule has 0 aliphatic carbocycles. The zero-order valence-corrected chi connectivity index (χ0v) is 10.7. The summed E-state index contributed by atoms with van der Waals surface area (Å²) in [4.78, 5) is 19.9. The third kappa shape index (κ3) is 1.82. The quantitative estimate of drug-likeness (QED) is 0.682. The van der Waals surface area contributed by atoms with E-state index in [2.05, 4.69) is 25.9 Å². The van der Waals surface area contributed by atoms with Gasteiger partial charge in [-0.25, -0.2) is 4.98 Å². The minimum absolute atomic E-state index is 0.261. The smallest absolute Gasteiger partial charge is 0.248 e. The van der Waals surface area contributed by atoms with Crippen LogP contribution in [0.5, 0.6) is 0 Å². The lowest BCUT2D eigenvalue weighted by atomic mass is 10.2. The Labute approximate surface area is 111 Å². The molecule has 1 aromatic carbocycles. The number of hydrogen-bond donors (Lipinski definition) is 0.